The molecule has 5 nitrogen and oxygen atoms in total. The third-order valence-corrected chi connectivity index (χ3v) is 3.61. The second-order valence-corrected chi connectivity index (χ2v) is 5.31. The first-order chi connectivity index (χ1) is 9.19. The van der Waals surface area contributed by atoms with E-state index in [0.717, 1.165) is 10.6 Å². The van der Waals surface area contributed by atoms with Crippen molar-refractivity contribution >= 4 is 23.5 Å². The van der Waals surface area contributed by atoms with E-state index in [4.69, 9.17) is 4.74 Å². The number of rotatable bonds is 5. The zero-order valence-electron chi connectivity index (χ0n) is 10.7. The number of nitrogens with one attached hydrogen (secondary N) is 2. The number of aromatic nitrogens is 2. The van der Waals surface area contributed by atoms with E-state index in [9.17, 15) is 4.79 Å². The lowest BCUT2D eigenvalue weighted by Crippen LogP contribution is -2.22. The maximum atomic E-state index is 11.9. The van der Waals surface area contributed by atoms with Crippen LogP contribution in [0.4, 0.5) is 5.82 Å². The zero-order chi connectivity index (χ0) is 13.7. The van der Waals surface area contributed by atoms with Gasteiger partial charge in [-0.2, -0.15) is 5.10 Å². The molecule has 0 fully saturated rings. The van der Waals surface area contributed by atoms with Crippen LogP contribution in [-0.2, 0) is 4.79 Å². The van der Waals surface area contributed by atoms with Crippen LogP contribution in [-0.4, -0.2) is 28.5 Å². The fourth-order valence-electron chi connectivity index (χ4n) is 1.47. The lowest BCUT2D eigenvalue weighted by Gasteiger charge is -2.11. The number of ether oxygens (including phenoxy) is 1. The van der Waals surface area contributed by atoms with Gasteiger partial charge in [-0.25, -0.2) is 0 Å². The average molecular weight is 277 g/mol. The molecular formula is C13H15N3O2S. The summed E-state index contributed by atoms with van der Waals surface area (Å²) in [5, 5.41) is 9.04. The Kier molecular flexibility index (Phi) is 4.46. The standard InChI is InChI=1S/C13H15N3O2S/c1-9(13(17)15-12-7-8-14-16-12)19-11-5-3-10(18-2)4-6-11/h3-9H,1-2H3,(H2,14,15,16,17)/t9-/m1/s1. The number of nitrogens with zero attached hydrogens (tertiary/aromatic N) is 1. The van der Waals surface area contributed by atoms with E-state index >= 15 is 0 Å². The van der Waals surface area contributed by atoms with Crippen LogP contribution in [0.5, 0.6) is 5.75 Å². The minimum Gasteiger partial charge on any atom is -0.497 e. The molecule has 0 bridgehead atoms. The van der Waals surface area contributed by atoms with Crippen molar-refractivity contribution in [3.8, 4) is 5.75 Å². The maximum Gasteiger partial charge on any atom is 0.238 e. The SMILES string of the molecule is COc1ccc(S[C@H](C)C(=O)Nc2ccn[nH]2)cc1. The highest BCUT2D eigenvalue weighted by molar-refractivity contribution is 8.00. The van der Waals surface area contributed by atoms with Crippen LogP contribution in [0.15, 0.2) is 41.4 Å². The van der Waals surface area contributed by atoms with Gasteiger partial charge in [-0.05, 0) is 31.2 Å². The maximum absolute atomic E-state index is 11.9. The average Bonchev–Trinajstić information content (AvgIpc) is 2.92. The Labute approximate surface area is 115 Å². The fraction of sp³-hybridized carbons (Fsp3) is 0.231. The quantitative estimate of drug-likeness (QED) is 0.824. The number of carbonyl (C=O) groups is 1. The van der Waals surface area contributed by atoms with Crippen molar-refractivity contribution in [1.29, 1.82) is 0 Å². The van der Waals surface area contributed by atoms with Crippen molar-refractivity contribution in [1.82, 2.24) is 10.2 Å². The Morgan fingerprint density at radius 3 is 2.68 bits per heavy atom. The molecule has 0 aliphatic heterocycles. The number of thioether (sulfide) groups is 1. The highest BCUT2D eigenvalue weighted by Gasteiger charge is 2.14. The molecule has 0 unspecified atom stereocenters. The molecule has 0 aliphatic carbocycles. The molecule has 0 saturated heterocycles. The largest absolute Gasteiger partial charge is 0.497 e. The first-order valence-corrected chi connectivity index (χ1v) is 6.68. The first kappa shape index (κ1) is 13.5. The molecule has 1 atom stereocenters. The van der Waals surface area contributed by atoms with E-state index < -0.39 is 0 Å². The van der Waals surface area contributed by atoms with Gasteiger partial charge in [-0.3, -0.25) is 9.89 Å². The number of benzene rings is 1. The lowest BCUT2D eigenvalue weighted by atomic mass is 10.3. The van der Waals surface area contributed by atoms with Crippen molar-refractivity contribution in [3.63, 3.8) is 0 Å². The van der Waals surface area contributed by atoms with Crippen molar-refractivity contribution in [2.24, 2.45) is 0 Å². The van der Waals surface area contributed by atoms with Crippen molar-refractivity contribution in [3.05, 3.63) is 36.5 Å². The topological polar surface area (TPSA) is 67.0 Å². The molecule has 0 spiro atoms. The number of hydrogen-bond acceptors (Lipinski definition) is 4. The Hall–Kier alpha value is -1.95. The van der Waals surface area contributed by atoms with Gasteiger partial charge in [0.1, 0.15) is 11.6 Å². The summed E-state index contributed by atoms with van der Waals surface area (Å²) in [7, 11) is 1.63. The van der Waals surface area contributed by atoms with Gasteiger partial charge in [-0.15, -0.1) is 11.8 Å². The number of carbonyl (C=O) groups excluding carboxylic acids is 1. The summed E-state index contributed by atoms with van der Waals surface area (Å²) in [5.74, 6) is 1.34. The number of amides is 1. The molecule has 1 aromatic heterocycles. The monoisotopic (exact) mass is 277 g/mol. The Morgan fingerprint density at radius 1 is 1.37 bits per heavy atom. The predicted molar refractivity (Wildman–Crippen MR) is 75.5 cm³/mol. The number of aromatic amines is 1. The highest BCUT2D eigenvalue weighted by atomic mass is 32.2. The summed E-state index contributed by atoms with van der Waals surface area (Å²) >= 11 is 1.49. The second-order valence-electron chi connectivity index (χ2n) is 3.90. The second kappa shape index (κ2) is 6.29. The Morgan fingerprint density at radius 2 is 2.11 bits per heavy atom. The minimum absolute atomic E-state index is 0.0648. The Balaban J connectivity index is 1.92. The molecule has 6 heteroatoms. The van der Waals surface area contributed by atoms with Gasteiger partial charge in [0.25, 0.3) is 0 Å². The third kappa shape index (κ3) is 3.75. The van der Waals surface area contributed by atoms with Crippen LogP contribution in [0, 0.1) is 0 Å². The molecule has 0 radical (unpaired) electrons. The summed E-state index contributed by atoms with van der Waals surface area (Å²) in [4.78, 5) is 13.0. The first-order valence-electron chi connectivity index (χ1n) is 5.80. The normalized spacial score (nSPS) is 11.9. The number of H-pyrrole nitrogens is 1. The van der Waals surface area contributed by atoms with E-state index in [1.54, 1.807) is 19.4 Å². The van der Waals surface area contributed by atoms with Gasteiger partial charge in [0.05, 0.1) is 18.6 Å². The highest BCUT2D eigenvalue weighted by Crippen LogP contribution is 2.25. The van der Waals surface area contributed by atoms with E-state index in [0.29, 0.717) is 5.82 Å². The van der Waals surface area contributed by atoms with E-state index in [2.05, 4.69) is 15.5 Å². The Bertz CT molecular complexity index is 525. The van der Waals surface area contributed by atoms with Gasteiger partial charge >= 0.3 is 0 Å². The van der Waals surface area contributed by atoms with Crippen molar-refractivity contribution < 1.29 is 9.53 Å². The summed E-state index contributed by atoms with van der Waals surface area (Å²) in [5.41, 5.74) is 0. The van der Waals surface area contributed by atoms with E-state index in [-0.39, 0.29) is 11.2 Å². The number of hydrogen-bond donors (Lipinski definition) is 2. The molecule has 2 aromatic rings. The molecule has 1 amide bonds. The van der Waals surface area contributed by atoms with Gasteiger partial charge in [-0.1, -0.05) is 0 Å². The summed E-state index contributed by atoms with van der Waals surface area (Å²) in [6.45, 7) is 1.86. The summed E-state index contributed by atoms with van der Waals surface area (Å²) in [6.07, 6.45) is 1.59. The van der Waals surface area contributed by atoms with Crippen molar-refractivity contribution in [2.75, 3.05) is 12.4 Å². The minimum atomic E-state index is -0.198. The molecule has 1 heterocycles. The van der Waals surface area contributed by atoms with E-state index in [1.165, 1.54) is 11.8 Å². The van der Waals surface area contributed by atoms with Gasteiger partial charge < -0.3 is 10.1 Å². The van der Waals surface area contributed by atoms with E-state index in [1.807, 2.05) is 31.2 Å². The fourth-order valence-corrected chi connectivity index (χ4v) is 2.34. The number of anilines is 1. The third-order valence-electron chi connectivity index (χ3n) is 2.50. The molecule has 2 N–H and O–H groups in total. The van der Waals surface area contributed by atoms with Crippen LogP contribution < -0.4 is 10.1 Å². The van der Waals surface area contributed by atoms with Crippen LogP contribution in [0.1, 0.15) is 6.92 Å². The zero-order valence-corrected chi connectivity index (χ0v) is 11.5. The summed E-state index contributed by atoms with van der Waals surface area (Å²) in [6, 6.07) is 9.33. The summed E-state index contributed by atoms with van der Waals surface area (Å²) < 4.78 is 5.09. The molecule has 0 saturated carbocycles. The molecular weight excluding hydrogens is 262 g/mol. The smallest absolute Gasteiger partial charge is 0.238 e. The molecule has 19 heavy (non-hydrogen) atoms. The number of methoxy groups -OCH3 is 1. The van der Waals surface area contributed by atoms with Crippen molar-refractivity contribution in [2.45, 2.75) is 17.1 Å². The predicted octanol–water partition coefficient (Wildman–Crippen LogP) is 2.54. The van der Waals surface area contributed by atoms with Crippen LogP contribution >= 0.6 is 11.8 Å². The van der Waals surface area contributed by atoms with Crippen LogP contribution in [0.3, 0.4) is 0 Å². The molecule has 1 aromatic carbocycles. The molecule has 100 valence electrons. The lowest BCUT2D eigenvalue weighted by molar-refractivity contribution is -0.115. The van der Waals surface area contributed by atoms with Gasteiger partial charge in [0, 0.05) is 11.0 Å². The van der Waals surface area contributed by atoms with Gasteiger partial charge in [0.15, 0.2) is 0 Å². The van der Waals surface area contributed by atoms with Crippen LogP contribution in [0.2, 0.25) is 0 Å². The van der Waals surface area contributed by atoms with Gasteiger partial charge in [0.2, 0.25) is 5.91 Å². The van der Waals surface area contributed by atoms with Crippen LogP contribution in [0.25, 0.3) is 0 Å². The molecule has 0 aliphatic rings. The molecule has 2 rings (SSSR count).